The maximum atomic E-state index is 9.82. The maximum absolute atomic E-state index is 9.82. The highest BCUT2D eigenvalue weighted by atomic mass is 16.5. The van der Waals surface area contributed by atoms with Crippen LogP contribution in [0.4, 0.5) is 5.95 Å². The van der Waals surface area contributed by atoms with Crippen LogP contribution < -0.4 is 4.90 Å². The fourth-order valence-corrected chi connectivity index (χ4v) is 2.43. The Morgan fingerprint density at radius 1 is 1.05 bits per heavy atom. The van der Waals surface area contributed by atoms with E-state index in [1.165, 1.54) is 18.9 Å². The number of rotatable bonds is 2. The number of phenolic OH excluding ortho intramolecular Hbond substituents is 2. The first kappa shape index (κ1) is 12.8. The second kappa shape index (κ2) is 5.40. The van der Waals surface area contributed by atoms with Gasteiger partial charge in [0, 0.05) is 13.1 Å². The molecule has 1 fully saturated rings. The van der Waals surface area contributed by atoms with Crippen molar-refractivity contribution in [3.8, 4) is 23.0 Å². The number of para-hydroxylation sites is 1. The molecule has 0 amide bonds. The van der Waals surface area contributed by atoms with Crippen molar-refractivity contribution in [3.63, 3.8) is 0 Å². The molecule has 1 aliphatic heterocycles. The van der Waals surface area contributed by atoms with Gasteiger partial charge in [0.2, 0.25) is 0 Å². The molecule has 0 atom stereocenters. The SMILES string of the molecule is Oc1cccc(-c2nc(N3CCCCCC3)no2)c1O. The number of aromatic hydroxyl groups is 2. The number of nitrogens with zero attached hydrogens (tertiary/aromatic N) is 3. The molecule has 20 heavy (non-hydrogen) atoms. The van der Waals surface area contributed by atoms with Gasteiger partial charge < -0.3 is 19.6 Å². The van der Waals surface area contributed by atoms with Gasteiger partial charge in [0.1, 0.15) is 0 Å². The molecule has 2 N–H and O–H groups in total. The summed E-state index contributed by atoms with van der Waals surface area (Å²) in [7, 11) is 0. The summed E-state index contributed by atoms with van der Waals surface area (Å²) in [5.74, 6) is 0.331. The van der Waals surface area contributed by atoms with Gasteiger partial charge in [-0.3, -0.25) is 0 Å². The van der Waals surface area contributed by atoms with Gasteiger partial charge in [-0.25, -0.2) is 0 Å². The van der Waals surface area contributed by atoms with Gasteiger partial charge in [-0.05, 0) is 30.1 Å². The number of hydrogen-bond donors (Lipinski definition) is 2. The van der Waals surface area contributed by atoms with Crippen LogP contribution >= 0.6 is 0 Å². The minimum atomic E-state index is -0.237. The first-order chi connectivity index (χ1) is 9.75. The molecule has 6 nitrogen and oxygen atoms in total. The molecule has 6 heteroatoms. The van der Waals surface area contributed by atoms with E-state index in [0.29, 0.717) is 11.5 Å². The third-order valence-electron chi connectivity index (χ3n) is 3.55. The van der Waals surface area contributed by atoms with E-state index in [-0.39, 0.29) is 17.4 Å². The second-order valence-electron chi connectivity index (χ2n) is 4.97. The highest BCUT2D eigenvalue weighted by Crippen LogP contribution is 2.35. The van der Waals surface area contributed by atoms with Gasteiger partial charge in [-0.1, -0.05) is 18.9 Å². The average Bonchev–Trinajstić information content (AvgIpc) is 2.77. The van der Waals surface area contributed by atoms with Crippen LogP contribution in [-0.2, 0) is 0 Å². The average molecular weight is 275 g/mol. The van der Waals surface area contributed by atoms with Gasteiger partial charge in [0.15, 0.2) is 11.5 Å². The molecular formula is C14H17N3O3. The molecule has 0 spiro atoms. The molecule has 3 rings (SSSR count). The Morgan fingerprint density at radius 3 is 2.55 bits per heavy atom. The normalized spacial score (nSPS) is 16.1. The predicted octanol–water partition coefficient (Wildman–Crippen LogP) is 2.53. The van der Waals surface area contributed by atoms with E-state index in [4.69, 9.17) is 4.52 Å². The third kappa shape index (κ3) is 2.41. The molecule has 2 heterocycles. The molecule has 0 radical (unpaired) electrons. The number of aromatic nitrogens is 2. The molecule has 106 valence electrons. The van der Waals surface area contributed by atoms with Crippen molar-refractivity contribution in [1.29, 1.82) is 0 Å². The van der Waals surface area contributed by atoms with Crippen LogP contribution in [0, 0.1) is 0 Å². The number of hydrogen-bond acceptors (Lipinski definition) is 6. The van der Waals surface area contributed by atoms with Crippen molar-refractivity contribution in [3.05, 3.63) is 18.2 Å². The van der Waals surface area contributed by atoms with Gasteiger partial charge in [0.25, 0.3) is 11.8 Å². The Hall–Kier alpha value is -2.24. The Kier molecular flexibility index (Phi) is 3.45. The van der Waals surface area contributed by atoms with Crippen LogP contribution in [0.15, 0.2) is 22.7 Å². The largest absolute Gasteiger partial charge is 0.504 e. The highest BCUT2D eigenvalue weighted by Gasteiger charge is 2.19. The van der Waals surface area contributed by atoms with Crippen LogP contribution in [0.3, 0.4) is 0 Å². The fourth-order valence-electron chi connectivity index (χ4n) is 2.43. The Morgan fingerprint density at radius 2 is 1.80 bits per heavy atom. The van der Waals surface area contributed by atoms with Crippen molar-refractivity contribution in [2.24, 2.45) is 0 Å². The molecule has 1 aliphatic rings. The zero-order chi connectivity index (χ0) is 13.9. The van der Waals surface area contributed by atoms with E-state index in [0.717, 1.165) is 25.9 Å². The minimum absolute atomic E-state index is 0.197. The second-order valence-corrected chi connectivity index (χ2v) is 4.97. The zero-order valence-corrected chi connectivity index (χ0v) is 11.1. The number of anilines is 1. The Bertz CT molecular complexity index is 589. The standard InChI is InChI=1S/C14H17N3O3/c18-11-7-5-6-10(12(11)19)13-15-14(16-20-13)17-8-3-1-2-4-9-17/h5-7,18-19H,1-4,8-9H2. The molecule has 0 bridgehead atoms. The number of phenols is 2. The molecule has 0 saturated carbocycles. The van der Waals surface area contributed by atoms with Crippen molar-refractivity contribution in [2.75, 3.05) is 18.0 Å². The monoisotopic (exact) mass is 275 g/mol. The molecule has 1 aromatic heterocycles. The van der Waals surface area contributed by atoms with Crippen molar-refractivity contribution in [2.45, 2.75) is 25.7 Å². The van der Waals surface area contributed by atoms with Crippen LogP contribution in [-0.4, -0.2) is 33.4 Å². The molecule has 1 aromatic carbocycles. The van der Waals surface area contributed by atoms with Crippen LogP contribution in [0.5, 0.6) is 11.5 Å². The molecule has 0 unspecified atom stereocenters. The molecule has 1 saturated heterocycles. The van der Waals surface area contributed by atoms with Gasteiger partial charge in [0.05, 0.1) is 5.56 Å². The van der Waals surface area contributed by atoms with Crippen LogP contribution in [0.1, 0.15) is 25.7 Å². The predicted molar refractivity (Wildman–Crippen MR) is 73.7 cm³/mol. The highest BCUT2D eigenvalue weighted by molar-refractivity contribution is 5.67. The Labute approximate surface area is 116 Å². The first-order valence-corrected chi connectivity index (χ1v) is 6.85. The summed E-state index contributed by atoms with van der Waals surface area (Å²) in [6.07, 6.45) is 4.71. The molecule has 2 aromatic rings. The summed E-state index contributed by atoms with van der Waals surface area (Å²) in [5, 5.41) is 23.3. The topological polar surface area (TPSA) is 82.6 Å². The van der Waals surface area contributed by atoms with E-state index >= 15 is 0 Å². The van der Waals surface area contributed by atoms with Crippen molar-refractivity contribution < 1.29 is 14.7 Å². The molecule has 0 aliphatic carbocycles. The quantitative estimate of drug-likeness (QED) is 0.819. The van der Waals surface area contributed by atoms with Crippen LogP contribution in [0.25, 0.3) is 11.5 Å². The van der Waals surface area contributed by atoms with Gasteiger partial charge >= 0.3 is 0 Å². The maximum Gasteiger partial charge on any atom is 0.266 e. The summed E-state index contributed by atoms with van der Waals surface area (Å²) >= 11 is 0. The van der Waals surface area contributed by atoms with Gasteiger partial charge in [-0.2, -0.15) is 4.98 Å². The summed E-state index contributed by atoms with van der Waals surface area (Å²) in [5.41, 5.74) is 0.346. The van der Waals surface area contributed by atoms with Gasteiger partial charge in [-0.15, -0.1) is 0 Å². The van der Waals surface area contributed by atoms with E-state index in [2.05, 4.69) is 15.0 Å². The summed E-state index contributed by atoms with van der Waals surface area (Å²) in [6, 6.07) is 4.67. The van der Waals surface area contributed by atoms with E-state index in [9.17, 15) is 10.2 Å². The van der Waals surface area contributed by atoms with Crippen molar-refractivity contribution >= 4 is 5.95 Å². The summed E-state index contributed by atoms with van der Waals surface area (Å²) in [4.78, 5) is 6.42. The molecular weight excluding hydrogens is 258 g/mol. The lowest BCUT2D eigenvalue weighted by Crippen LogP contribution is -2.24. The number of benzene rings is 1. The van der Waals surface area contributed by atoms with Crippen LogP contribution in [0.2, 0.25) is 0 Å². The smallest absolute Gasteiger partial charge is 0.266 e. The zero-order valence-electron chi connectivity index (χ0n) is 11.1. The third-order valence-corrected chi connectivity index (χ3v) is 3.55. The first-order valence-electron chi connectivity index (χ1n) is 6.85. The van der Waals surface area contributed by atoms with E-state index in [1.54, 1.807) is 12.1 Å². The lowest BCUT2D eigenvalue weighted by Gasteiger charge is -2.16. The minimum Gasteiger partial charge on any atom is -0.504 e. The Balaban J connectivity index is 1.87. The lowest BCUT2D eigenvalue weighted by molar-refractivity contribution is 0.397. The van der Waals surface area contributed by atoms with Crippen molar-refractivity contribution in [1.82, 2.24) is 10.1 Å². The van der Waals surface area contributed by atoms with E-state index < -0.39 is 0 Å². The summed E-state index contributed by atoms with van der Waals surface area (Å²) in [6.45, 7) is 1.84. The lowest BCUT2D eigenvalue weighted by atomic mass is 10.2. The fraction of sp³-hybridized carbons (Fsp3) is 0.429. The summed E-state index contributed by atoms with van der Waals surface area (Å²) < 4.78 is 5.21. The van der Waals surface area contributed by atoms with E-state index in [1.807, 2.05) is 0 Å².